The SMILES string of the molecule is Cc1ccc(OCC(=O)NN=Cc2ccc([N+](=O)[O-])o2)c(C)c1. The van der Waals surface area contributed by atoms with E-state index < -0.39 is 16.7 Å². The summed E-state index contributed by atoms with van der Waals surface area (Å²) in [5, 5.41) is 14.1. The van der Waals surface area contributed by atoms with Gasteiger partial charge in [-0.05, 0) is 31.5 Å². The molecule has 0 saturated carbocycles. The number of nitrogens with one attached hydrogen (secondary N) is 1. The van der Waals surface area contributed by atoms with Crippen LogP contribution in [0.5, 0.6) is 5.75 Å². The Morgan fingerprint density at radius 3 is 2.83 bits per heavy atom. The first kappa shape index (κ1) is 16.2. The lowest BCUT2D eigenvalue weighted by Gasteiger charge is -2.08. The highest BCUT2D eigenvalue weighted by Crippen LogP contribution is 2.18. The van der Waals surface area contributed by atoms with Crippen molar-refractivity contribution in [3.05, 3.63) is 57.3 Å². The minimum atomic E-state index is -0.659. The van der Waals surface area contributed by atoms with Crippen LogP contribution in [0.2, 0.25) is 0 Å². The smallest absolute Gasteiger partial charge is 0.433 e. The minimum absolute atomic E-state index is 0.160. The second kappa shape index (κ2) is 7.21. The van der Waals surface area contributed by atoms with Crippen LogP contribution in [0.3, 0.4) is 0 Å². The summed E-state index contributed by atoms with van der Waals surface area (Å²) in [4.78, 5) is 21.4. The lowest BCUT2D eigenvalue weighted by atomic mass is 10.1. The Morgan fingerprint density at radius 1 is 1.39 bits per heavy atom. The fraction of sp³-hybridized carbons (Fsp3) is 0.200. The molecular weight excluding hydrogens is 302 g/mol. The van der Waals surface area contributed by atoms with E-state index in [-0.39, 0.29) is 12.4 Å². The molecule has 1 amide bonds. The van der Waals surface area contributed by atoms with Gasteiger partial charge >= 0.3 is 5.88 Å². The van der Waals surface area contributed by atoms with E-state index in [0.717, 1.165) is 11.1 Å². The molecule has 1 aromatic heterocycles. The van der Waals surface area contributed by atoms with Gasteiger partial charge in [0.05, 0.1) is 12.3 Å². The number of hydrogen-bond donors (Lipinski definition) is 1. The predicted molar refractivity (Wildman–Crippen MR) is 82.5 cm³/mol. The zero-order valence-corrected chi connectivity index (χ0v) is 12.6. The van der Waals surface area contributed by atoms with Crippen molar-refractivity contribution in [2.45, 2.75) is 13.8 Å². The normalized spacial score (nSPS) is 10.7. The number of aryl methyl sites for hydroxylation is 2. The van der Waals surface area contributed by atoms with Gasteiger partial charge in [0.2, 0.25) is 0 Å². The highest BCUT2D eigenvalue weighted by Gasteiger charge is 2.10. The quantitative estimate of drug-likeness (QED) is 0.500. The number of hydrogen-bond acceptors (Lipinski definition) is 6. The summed E-state index contributed by atoms with van der Waals surface area (Å²) >= 11 is 0. The van der Waals surface area contributed by atoms with Crippen LogP contribution >= 0.6 is 0 Å². The number of rotatable bonds is 6. The summed E-state index contributed by atoms with van der Waals surface area (Å²) < 4.78 is 10.2. The molecule has 1 aromatic carbocycles. The highest BCUT2D eigenvalue weighted by atomic mass is 16.6. The van der Waals surface area contributed by atoms with Crippen LogP contribution in [0.15, 0.2) is 39.9 Å². The molecule has 0 fully saturated rings. The van der Waals surface area contributed by atoms with Crippen molar-refractivity contribution in [1.82, 2.24) is 5.43 Å². The molecule has 0 bridgehead atoms. The van der Waals surface area contributed by atoms with Gasteiger partial charge in [-0.3, -0.25) is 14.9 Å². The number of benzene rings is 1. The van der Waals surface area contributed by atoms with Gasteiger partial charge in [-0.1, -0.05) is 17.7 Å². The molecule has 2 aromatic rings. The number of amides is 1. The minimum Gasteiger partial charge on any atom is -0.483 e. The van der Waals surface area contributed by atoms with Crippen molar-refractivity contribution in [3.63, 3.8) is 0 Å². The van der Waals surface area contributed by atoms with E-state index in [1.807, 2.05) is 26.0 Å². The summed E-state index contributed by atoms with van der Waals surface area (Å²) in [6.45, 7) is 3.67. The molecule has 0 radical (unpaired) electrons. The van der Waals surface area contributed by atoms with Crippen molar-refractivity contribution >= 4 is 18.0 Å². The Hall–Kier alpha value is -3.16. The topological polar surface area (TPSA) is 107 Å². The second-order valence-corrected chi connectivity index (χ2v) is 4.78. The van der Waals surface area contributed by atoms with Crippen molar-refractivity contribution < 1.29 is 18.9 Å². The fourth-order valence-corrected chi connectivity index (χ4v) is 1.81. The molecule has 0 saturated heterocycles. The maximum Gasteiger partial charge on any atom is 0.433 e. The van der Waals surface area contributed by atoms with Gasteiger partial charge in [-0.15, -0.1) is 0 Å². The maximum atomic E-state index is 11.6. The third-order valence-corrected chi connectivity index (χ3v) is 2.86. The summed E-state index contributed by atoms with van der Waals surface area (Å²) in [7, 11) is 0. The average Bonchev–Trinajstić information content (AvgIpc) is 2.95. The molecule has 8 heteroatoms. The van der Waals surface area contributed by atoms with Crippen molar-refractivity contribution in [2.75, 3.05) is 6.61 Å². The average molecular weight is 317 g/mol. The molecule has 0 aliphatic carbocycles. The van der Waals surface area contributed by atoms with E-state index in [2.05, 4.69) is 10.5 Å². The lowest BCUT2D eigenvalue weighted by Crippen LogP contribution is -2.24. The third kappa shape index (κ3) is 4.67. The molecule has 0 spiro atoms. The number of carbonyl (C=O) groups is 1. The van der Waals surface area contributed by atoms with Crippen LogP contribution < -0.4 is 10.2 Å². The molecule has 2 rings (SSSR count). The largest absolute Gasteiger partial charge is 0.483 e. The summed E-state index contributed by atoms with van der Waals surface area (Å²) in [5.41, 5.74) is 4.29. The van der Waals surface area contributed by atoms with E-state index in [1.54, 1.807) is 6.07 Å². The molecule has 1 N–H and O–H groups in total. The number of hydrazone groups is 1. The molecule has 0 atom stereocenters. The molecular formula is C15H15N3O5. The second-order valence-electron chi connectivity index (χ2n) is 4.78. The molecule has 120 valence electrons. The monoisotopic (exact) mass is 317 g/mol. The van der Waals surface area contributed by atoms with Gasteiger partial charge in [-0.2, -0.15) is 5.10 Å². The van der Waals surface area contributed by atoms with Gasteiger partial charge in [-0.25, -0.2) is 5.43 Å². The lowest BCUT2D eigenvalue weighted by molar-refractivity contribution is -0.402. The molecule has 23 heavy (non-hydrogen) atoms. The van der Waals surface area contributed by atoms with Crippen LogP contribution in [0.1, 0.15) is 16.9 Å². The van der Waals surface area contributed by atoms with Crippen LogP contribution in [-0.4, -0.2) is 23.7 Å². The van der Waals surface area contributed by atoms with Gasteiger partial charge < -0.3 is 9.15 Å². The molecule has 0 unspecified atom stereocenters. The van der Waals surface area contributed by atoms with Gasteiger partial charge in [0.15, 0.2) is 12.4 Å². The molecule has 0 aliphatic rings. The van der Waals surface area contributed by atoms with Crippen LogP contribution in [0.25, 0.3) is 0 Å². The van der Waals surface area contributed by atoms with Crippen molar-refractivity contribution in [1.29, 1.82) is 0 Å². The van der Waals surface area contributed by atoms with Crippen LogP contribution in [-0.2, 0) is 4.79 Å². The van der Waals surface area contributed by atoms with E-state index in [1.165, 1.54) is 18.3 Å². The van der Waals surface area contributed by atoms with Gasteiger partial charge in [0.1, 0.15) is 10.7 Å². The van der Waals surface area contributed by atoms with E-state index >= 15 is 0 Å². The van der Waals surface area contributed by atoms with Crippen LogP contribution in [0, 0.1) is 24.0 Å². The Balaban J connectivity index is 1.82. The number of nitro groups is 1. The highest BCUT2D eigenvalue weighted by molar-refractivity contribution is 5.81. The third-order valence-electron chi connectivity index (χ3n) is 2.86. The van der Waals surface area contributed by atoms with E-state index in [4.69, 9.17) is 9.15 Å². The predicted octanol–water partition coefficient (Wildman–Crippen LogP) is 2.33. The summed E-state index contributed by atoms with van der Waals surface area (Å²) in [5.74, 6) is -0.0677. The first-order valence-corrected chi connectivity index (χ1v) is 6.72. The Morgan fingerprint density at radius 2 is 2.17 bits per heavy atom. The van der Waals surface area contributed by atoms with Crippen LogP contribution in [0.4, 0.5) is 5.88 Å². The molecule has 0 aliphatic heterocycles. The Kier molecular flexibility index (Phi) is 5.08. The maximum absolute atomic E-state index is 11.6. The van der Waals surface area contributed by atoms with Crippen molar-refractivity contribution in [2.24, 2.45) is 5.10 Å². The first-order chi connectivity index (χ1) is 11.0. The number of furan rings is 1. The molecule has 8 nitrogen and oxygen atoms in total. The number of carbonyl (C=O) groups excluding carboxylic acids is 1. The summed E-state index contributed by atoms with van der Waals surface area (Å²) in [6.07, 6.45) is 1.17. The fourth-order valence-electron chi connectivity index (χ4n) is 1.81. The Labute approximate surface area is 131 Å². The van der Waals surface area contributed by atoms with Gasteiger partial charge in [0.25, 0.3) is 5.91 Å². The van der Waals surface area contributed by atoms with E-state index in [0.29, 0.717) is 5.75 Å². The van der Waals surface area contributed by atoms with Gasteiger partial charge in [0, 0.05) is 0 Å². The first-order valence-electron chi connectivity index (χ1n) is 6.72. The molecule has 1 heterocycles. The zero-order valence-electron chi connectivity index (χ0n) is 12.6. The standard InChI is InChI=1S/C15H15N3O5/c1-10-3-5-13(11(2)7-10)22-9-14(19)17-16-8-12-4-6-15(23-12)18(20)21/h3-8H,9H2,1-2H3,(H,17,19). The zero-order chi connectivity index (χ0) is 16.8. The summed E-state index contributed by atoms with van der Waals surface area (Å²) in [6, 6.07) is 8.22. The number of nitrogens with zero attached hydrogens (tertiary/aromatic N) is 2. The number of ether oxygens (including phenoxy) is 1. The van der Waals surface area contributed by atoms with E-state index in [9.17, 15) is 14.9 Å². The van der Waals surface area contributed by atoms with Crippen molar-refractivity contribution in [3.8, 4) is 5.75 Å². The Bertz CT molecular complexity index is 751.